The average Bonchev–Trinajstić information content (AvgIpc) is 3.33. The summed E-state index contributed by atoms with van der Waals surface area (Å²) < 4.78 is 50.8. The molecule has 1 saturated heterocycles. The van der Waals surface area contributed by atoms with Gasteiger partial charge in [0.15, 0.2) is 18.3 Å². The van der Waals surface area contributed by atoms with Gasteiger partial charge in [0.2, 0.25) is 12.6 Å². The predicted octanol–water partition coefficient (Wildman–Crippen LogP) is 2.00. The van der Waals surface area contributed by atoms with Crippen LogP contribution in [0.4, 0.5) is 0 Å². The molecule has 0 aromatic heterocycles. The molecule has 1 saturated carbocycles. The first kappa shape index (κ1) is 35.4. The molecule has 1 aliphatic carbocycles. The molecule has 0 N–H and O–H groups in total. The fourth-order valence-electron chi connectivity index (χ4n) is 6.18. The van der Waals surface area contributed by atoms with E-state index in [2.05, 4.69) is 0 Å². The van der Waals surface area contributed by atoms with E-state index in [9.17, 15) is 28.8 Å². The highest BCUT2D eigenvalue weighted by molar-refractivity contribution is 5.89. The van der Waals surface area contributed by atoms with Crippen LogP contribution in [0.1, 0.15) is 51.4 Å². The molecule has 256 valence electrons. The van der Waals surface area contributed by atoms with Crippen molar-refractivity contribution in [1.82, 2.24) is 0 Å². The lowest BCUT2D eigenvalue weighted by Crippen LogP contribution is -2.63. The summed E-state index contributed by atoms with van der Waals surface area (Å²) in [5.41, 5.74) is 0.445. The first-order valence-corrected chi connectivity index (χ1v) is 15.0. The number of carbonyl (C=O) groups is 6. The van der Waals surface area contributed by atoms with E-state index in [0.717, 1.165) is 20.8 Å². The van der Waals surface area contributed by atoms with E-state index >= 15 is 0 Å². The summed E-state index contributed by atoms with van der Waals surface area (Å²) in [5, 5.41) is 0. The van der Waals surface area contributed by atoms with Crippen LogP contribution < -0.4 is 0 Å². The number of methoxy groups -OCH3 is 1. The van der Waals surface area contributed by atoms with Crippen LogP contribution in [0.3, 0.4) is 0 Å². The van der Waals surface area contributed by atoms with Gasteiger partial charge in [0.25, 0.3) is 0 Å². The number of hydrogen-bond donors (Lipinski definition) is 0. The van der Waals surface area contributed by atoms with Gasteiger partial charge in [-0.25, -0.2) is 9.59 Å². The molecule has 2 fully saturated rings. The molecule has 0 radical (unpaired) electrons. The second kappa shape index (κ2) is 15.4. The first-order chi connectivity index (χ1) is 22.3. The van der Waals surface area contributed by atoms with Crippen molar-refractivity contribution >= 4 is 35.8 Å². The highest BCUT2D eigenvalue weighted by Gasteiger charge is 2.57. The van der Waals surface area contributed by atoms with Crippen LogP contribution >= 0.6 is 0 Å². The molecule has 15 nitrogen and oxygen atoms in total. The summed E-state index contributed by atoms with van der Waals surface area (Å²) in [6.07, 6.45) is -7.56. The summed E-state index contributed by atoms with van der Waals surface area (Å²) >= 11 is 0. The highest BCUT2D eigenvalue weighted by Crippen LogP contribution is 2.49. The molecule has 2 aliphatic heterocycles. The van der Waals surface area contributed by atoms with Crippen LogP contribution in [0.2, 0.25) is 0 Å². The van der Waals surface area contributed by atoms with E-state index in [-0.39, 0.29) is 17.6 Å². The van der Waals surface area contributed by atoms with Crippen LogP contribution in [-0.4, -0.2) is 92.6 Å². The molecule has 1 aromatic rings. The SMILES string of the molecule is COC(=O)C1=CO[C@@H](O[C@@H]2O[C@H](COC(=O)c3ccccc3)[C@@H](OC(C)=O)[C@H](OC(C)=O)[C@H]2OC(C)=O)[C@@H]2[C@@H](C)[C@@H](OC(C)=O)C[C@H]12. The number of carbonyl (C=O) groups excluding carboxylic acids is 6. The van der Waals surface area contributed by atoms with E-state index in [4.69, 9.17) is 42.6 Å². The maximum Gasteiger partial charge on any atom is 0.338 e. The molecule has 1 aromatic carbocycles. The molecule has 0 amide bonds. The molecule has 15 heteroatoms. The number of hydrogen-bond acceptors (Lipinski definition) is 15. The minimum atomic E-state index is -1.55. The van der Waals surface area contributed by atoms with Crippen molar-refractivity contribution in [3.8, 4) is 0 Å². The maximum absolute atomic E-state index is 12.8. The van der Waals surface area contributed by atoms with Crippen LogP contribution in [0.15, 0.2) is 42.2 Å². The van der Waals surface area contributed by atoms with Crippen molar-refractivity contribution in [3.05, 3.63) is 47.7 Å². The Morgan fingerprint density at radius 2 is 1.36 bits per heavy atom. The van der Waals surface area contributed by atoms with Gasteiger partial charge in [-0.05, 0) is 18.6 Å². The van der Waals surface area contributed by atoms with Gasteiger partial charge in [-0.3, -0.25) is 19.2 Å². The largest absolute Gasteiger partial charge is 0.472 e. The molecule has 3 aliphatic rings. The summed E-state index contributed by atoms with van der Waals surface area (Å²) in [6, 6.07) is 8.09. The Balaban J connectivity index is 1.69. The monoisotopic (exact) mass is 662 g/mol. The van der Waals surface area contributed by atoms with Gasteiger partial charge in [0.05, 0.1) is 24.5 Å². The first-order valence-electron chi connectivity index (χ1n) is 15.0. The molecule has 4 rings (SSSR count). The van der Waals surface area contributed by atoms with Crippen molar-refractivity contribution in [2.45, 2.75) is 84.1 Å². The lowest BCUT2D eigenvalue weighted by molar-refractivity contribution is -0.344. The van der Waals surface area contributed by atoms with E-state index in [1.807, 2.05) is 0 Å². The fourth-order valence-corrected chi connectivity index (χ4v) is 6.18. The molecule has 2 heterocycles. The van der Waals surface area contributed by atoms with Crippen molar-refractivity contribution in [2.24, 2.45) is 17.8 Å². The van der Waals surface area contributed by atoms with E-state index in [1.165, 1.54) is 32.4 Å². The third kappa shape index (κ3) is 8.46. The quantitative estimate of drug-likeness (QED) is 0.261. The normalized spacial score (nSPS) is 31.1. The van der Waals surface area contributed by atoms with Crippen LogP contribution in [0.5, 0.6) is 0 Å². The second-order valence-corrected chi connectivity index (χ2v) is 11.4. The number of fused-ring (bicyclic) bond motifs is 1. The molecule has 0 bridgehead atoms. The van der Waals surface area contributed by atoms with Crippen molar-refractivity contribution in [3.63, 3.8) is 0 Å². The molecule has 0 unspecified atom stereocenters. The Bertz CT molecular complexity index is 1370. The minimum Gasteiger partial charge on any atom is -0.472 e. The fraction of sp³-hybridized carbons (Fsp3) is 0.562. The van der Waals surface area contributed by atoms with E-state index < -0.39 is 103 Å². The van der Waals surface area contributed by atoms with Gasteiger partial charge in [0, 0.05) is 45.4 Å². The van der Waals surface area contributed by atoms with Gasteiger partial charge in [-0.15, -0.1) is 0 Å². The Morgan fingerprint density at radius 3 is 1.96 bits per heavy atom. The Hall–Kier alpha value is -4.50. The minimum absolute atomic E-state index is 0.207. The third-order valence-electron chi connectivity index (χ3n) is 8.08. The van der Waals surface area contributed by atoms with Crippen LogP contribution in [0, 0.1) is 17.8 Å². The number of rotatable bonds is 10. The molecular weight excluding hydrogens is 624 g/mol. The predicted molar refractivity (Wildman–Crippen MR) is 154 cm³/mol. The second-order valence-electron chi connectivity index (χ2n) is 11.4. The lowest BCUT2D eigenvalue weighted by atomic mass is 9.83. The van der Waals surface area contributed by atoms with Gasteiger partial charge in [0.1, 0.15) is 18.8 Å². The summed E-state index contributed by atoms with van der Waals surface area (Å²) in [7, 11) is 1.22. The smallest absolute Gasteiger partial charge is 0.338 e. The number of benzene rings is 1. The van der Waals surface area contributed by atoms with Crippen LogP contribution in [-0.2, 0) is 66.6 Å². The molecular formula is C32H38O15. The Morgan fingerprint density at radius 1 is 0.766 bits per heavy atom. The zero-order chi connectivity index (χ0) is 34.4. The summed E-state index contributed by atoms with van der Waals surface area (Å²) in [6.45, 7) is 5.91. The Kier molecular flexibility index (Phi) is 11.6. The van der Waals surface area contributed by atoms with Crippen molar-refractivity contribution < 1.29 is 71.4 Å². The van der Waals surface area contributed by atoms with Gasteiger partial charge in [-0.1, -0.05) is 25.1 Å². The third-order valence-corrected chi connectivity index (χ3v) is 8.08. The van der Waals surface area contributed by atoms with Gasteiger partial charge < -0.3 is 42.6 Å². The summed E-state index contributed by atoms with van der Waals surface area (Å²) in [4.78, 5) is 74.1. The zero-order valence-corrected chi connectivity index (χ0v) is 26.8. The van der Waals surface area contributed by atoms with Crippen molar-refractivity contribution in [1.29, 1.82) is 0 Å². The zero-order valence-electron chi connectivity index (χ0n) is 26.8. The van der Waals surface area contributed by atoms with Gasteiger partial charge in [-0.2, -0.15) is 0 Å². The topological polar surface area (TPSA) is 185 Å². The average molecular weight is 663 g/mol. The molecule has 0 spiro atoms. The molecule has 10 atom stereocenters. The lowest BCUT2D eigenvalue weighted by Gasteiger charge is -2.46. The van der Waals surface area contributed by atoms with E-state index in [1.54, 1.807) is 25.1 Å². The van der Waals surface area contributed by atoms with E-state index in [0.29, 0.717) is 0 Å². The van der Waals surface area contributed by atoms with Crippen molar-refractivity contribution in [2.75, 3.05) is 13.7 Å². The standard InChI is InChI=1S/C32H38O15/c1-15-23(42-16(2)33)12-21-22(30(38)39-6)13-41-31(25(15)21)47-32-28(45-19(5)36)27(44-18(4)35)26(43-17(3)34)24(46-32)14-40-29(37)20-10-8-7-9-11-20/h7-11,13,15,21,23-28,31-32H,12,14H2,1-6H3/t15-,21+,23-,24+,25+,26+,27-,28+,31-,32-/m0/s1. The highest BCUT2D eigenvalue weighted by atomic mass is 16.8. The summed E-state index contributed by atoms with van der Waals surface area (Å²) in [5.74, 6) is -5.80. The number of esters is 6. The Labute approximate surface area is 270 Å². The molecule has 47 heavy (non-hydrogen) atoms. The van der Waals surface area contributed by atoms with Crippen LogP contribution in [0.25, 0.3) is 0 Å². The number of ether oxygens (including phenoxy) is 9. The maximum atomic E-state index is 12.8. The van der Waals surface area contributed by atoms with Gasteiger partial charge >= 0.3 is 35.8 Å².